The van der Waals surface area contributed by atoms with Gasteiger partial charge in [-0.25, -0.2) is 4.98 Å². The van der Waals surface area contributed by atoms with Crippen LogP contribution in [-0.2, 0) is 6.18 Å². The van der Waals surface area contributed by atoms with Crippen LogP contribution in [0.25, 0.3) is 0 Å². The summed E-state index contributed by atoms with van der Waals surface area (Å²) < 4.78 is 38.7. The molecule has 1 atom stereocenters. The highest BCUT2D eigenvalue weighted by molar-refractivity contribution is 5.50. The van der Waals surface area contributed by atoms with E-state index in [1.165, 1.54) is 0 Å². The van der Waals surface area contributed by atoms with Crippen molar-refractivity contribution in [3.05, 3.63) is 17.7 Å². The van der Waals surface area contributed by atoms with Gasteiger partial charge in [0.15, 0.2) is 0 Å². The van der Waals surface area contributed by atoms with Gasteiger partial charge in [-0.3, -0.25) is 0 Å². The van der Waals surface area contributed by atoms with E-state index in [-0.39, 0.29) is 17.7 Å². The smallest absolute Gasteiger partial charge is 0.370 e. The minimum absolute atomic E-state index is 0.157. The van der Waals surface area contributed by atoms with Gasteiger partial charge < -0.3 is 10.6 Å². The summed E-state index contributed by atoms with van der Waals surface area (Å²) in [7, 11) is 0. The molecule has 0 amide bonds. The van der Waals surface area contributed by atoms with Crippen LogP contribution in [0.3, 0.4) is 0 Å². The Kier molecular flexibility index (Phi) is 4.40. The molecule has 1 saturated carbocycles. The number of pyridine rings is 1. The van der Waals surface area contributed by atoms with E-state index >= 15 is 0 Å². The molecule has 6 heteroatoms. The molecular formula is C14H20F3N3. The molecule has 1 aliphatic rings. The van der Waals surface area contributed by atoms with Crippen molar-refractivity contribution in [3.8, 4) is 0 Å². The van der Waals surface area contributed by atoms with Crippen LogP contribution in [-0.4, -0.2) is 17.6 Å². The number of alkyl halides is 3. The molecule has 20 heavy (non-hydrogen) atoms. The fourth-order valence-corrected chi connectivity index (χ4v) is 2.06. The largest absolute Gasteiger partial charge is 0.416 e. The predicted molar refractivity (Wildman–Crippen MR) is 73.8 cm³/mol. The van der Waals surface area contributed by atoms with Crippen molar-refractivity contribution in [3.63, 3.8) is 0 Å². The molecule has 0 bridgehead atoms. The zero-order chi connectivity index (χ0) is 14.8. The molecule has 112 valence electrons. The number of hydrogen-bond acceptors (Lipinski definition) is 3. The van der Waals surface area contributed by atoms with Crippen LogP contribution in [0.15, 0.2) is 12.1 Å². The molecule has 1 heterocycles. The highest BCUT2D eigenvalue weighted by Gasteiger charge is 2.33. The van der Waals surface area contributed by atoms with Gasteiger partial charge in [0.05, 0.1) is 5.56 Å². The first-order valence-corrected chi connectivity index (χ1v) is 7.00. The highest BCUT2D eigenvalue weighted by atomic mass is 19.4. The van der Waals surface area contributed by atoms with Crippen molar-refractivity contribution in [2.24, 2.45) is 5.92 Å². The number of hydrogen-bond donors (Lipinski definition) is 2. The van der Waals surface area contributed by atoms with Crippen molar-refractivity contribution in [2.75, 3.05) is 17.2 Å². The summed E-state index contributed by atoms with van der Waals surface area (Å²) in [6, 6.07) is 2.29. The minimum Gasteiger partial charge on any atom is -0.370 e. The lowest BCUT2D eigenvalue weighted by molar-refractivity contribution is -0.137. The first-order chi connectivity index (χ1) is 9.40. The molecule has 0 aromatic carbocycles. The van der Waals surface area contributed by atoms with Crippen LogP contribution in [0.1, 0.15) is 38.7 Å². The molecule has 1 unspecified atom stereocenters. The van der Waals surface area contributed by atoms with Gasteiger partial charge in [-0.2, -0.15) is 13.2 Å². The number of anilines is 2. The van der Waals surface area contributed by atoms with Gasteiger partial charge in [0, 0.05) is 12.6 Å². The van der Waals surface area contributed by atoms with Crippen LogP contribution in [0, 0.1) is 5.92 Å². The van der Waals surface area contributed by atoms with Crippen LogP contribution < -0.4 is 10.6 Å². The van der Waals surface area contributed by atoms with E-state index in [0.29, 0.717) is 12.5 Å². The van der Waals surface area contributed by atoms with E-state index in [1.54, 1.807) is 0 Å². The molecule has 2 N–H and O–H groups in total. The van der Waals surface area contributed by atoms with Gasteiger partial charge in [0.1, 0.15) is 11.6 Å². The Labute approximate surface area is 117 Å². The molecule has 0 radical (unpaired) electrons. The maximum absolute atomic E-state index is 12.9. The maximum Gasteiger partial charge on any atom is 0.416 e. The number of nitrogens with zero attached hydrogens (tertiary/aromatic N) is 1. The topological polar surface area (TPSA) is 37.0 Å². The molecule has 1 fully saturated rings. The summed E-state index contributed by atoms with van der Waals surface area (Å²) >= 11 is 0. The van der Waals surface area contributed by atoms with Gasteiger partial charge in [-0.15, -0.1) is 0 Å². The number of halogens is 3. The highest BCUT2D eigenvalue weighted by Crippen LogP contribution is 2.35. The zero-order valence-electron chi connectivity index (χ0n) is 11.7. The second-order valence-electron chi connectivity index (χ2n) is 5.32. The second kappa shape index (κ2) is 5.89. The van der Waals surface area contributed by atoms with E-state index in [9.17, 15) is 13.2 Å². The van der Waals surface area contributed by atoms with E-state index < -0.39 is 11.7 Å². The summed E-state index contributed by atoms with van der Waals surface area (Å²) in [5, 5.41) is 6.00. The molecule has 3 nitrogen and oxygen atoms in total. The average Bonchev–Trinajstić information content (AvgIpc) is 3.19. The Morgan fingerprint density at radius 1 is 1.30 bits per heavy atom. The summed E-state index contributed by atoms with van der Waals surface area (Å²) in [5.74, 6) is 1.11. The lowest BCUT2D eigenvalue weighted by Crippen LogP contribution is -2.19. The predicted octanol–water partition coefficient (Wildman–Crippen LogP) is 4.13. The van der Waals surface area contributed by atoms with Gasteiger partial charge in [-0.05, 0) is 44.2 Å². The SMILES string of the molecule is CCCNc1cc(C(F)(F)F)cc(NC(C)C2CC2)n1. The molecule has 1 aliphatic carbocycles. The standard InChI is InChI=1S/C14H20F3N3/c1-3-6-18-12-7-11(14(15,16)17)8-13(20-12)19-9(2)10-4-5-10/h7-10H,3-6H2,1-2H3,(H2,18,19,20). The molecule has 2 rings (SSSR count). The summed E-state index contributed by atoms with van der Waals surface area (Å²) in [5.41, 5.74) is -0.670. The van der Waals surface area contributed by atoms with Crippen LogP contribution in [0.4, 0.5) is 24.8 Å². The Morgan fingerprint density at radius 3 is 2.50 bits per heavy atom. The Morgan fingerprint density at radius 2 is 1.95 bits per heavy atom. The second-order valence-corrected chi connectivity index (χ2v) is 5.32. The maximum atomic E-state index is 12.9. The number of rotatable bonds is 6. The zero-order valence-corrected chi connectivity index (χ0v) is 11.7. The third-order valence-electron chi connectivity index (χ3n) is 3.41. The minimum atomic E-state index is -4.36. The first kappa shape index (κ1) is 14.9. The lowest BCUT2D eigenvalue weighted by Gasteiger charge is -2.17. The first-order valence-electron chi connectivity index (χ1n) is 7.00. The monoisotopic (exact) mass is 287 g/mol. The van der Waals surface area contributed by atoms with Crippen LogP contribution in [0.2, 0.25) is 0 Å². The Balaban J connectivity index is 2.19. The molecule has 0 aliphatic heterocycles. The molecule has 1 aromatic heterocycles. The Bertz CT molecular complexity index is 455. The third-order valence-corrected chi connectivity index (χ3v) is 3.41. The normalized spacial score (nSPS) is 16.9. The van der Waals surface area contributed by atoms with Gasteiger partial charge in [0.2, 0.25) is 0 Å². The summed E-state index contributed by atoms with van der Waals surface area (Å²) in [4.78, 5) is 4.21. The molecule has 1 aromatic rings. The van der Waals surface area contributed by atoms with Crippen molar-refractivity contribution >= 4 is 11.6 Å². The fourth-order valence-electron chi connectivity index (χ4n) is 2.06. The van der Waals surface area contributed by atoms with Gasteiger partial charge >= 0.3 is 6.18 Å². The summed E-state index contributed by atoms with van der Waals surface area (Å²) in [6.45, 7) is 4.54. The number of nitrogens with one attached hydrogen (secondary N) is 2. The van der Waals surface area contributed by atoms with Crippen molar-refractivity contribution in [1.82, 2.24) is 4.98 Å². The van der Waals surface area contributed by atoms with Gasteiger partial charge in [0.25, 0.3) is 0 Å². The van der Waals surface area contributed by atoms with Crippen molar-refractivity contribution < 1.29 is 13.2 Å². The van der Waals surface area contributed by atoms with E-state index in [2.05, 4.69) is 15.6 Å². The van der Waals surface area contributed by atoms with E-state index in [4.69, 9.17) is 0 Å². The van der Waals surface area contributed by atoms with E-state index in [1.807, 2.05) is 13.8 Å². The molecule has 0 saturated heterocycles. The molecular weight excluding hydrogens is 267 g/mol. The quantitative estimate of drug-likeness (QED) is 0.826. The molecule has 0 spiro atoms. The fraction of sp³-hybridized carbons (Fsp3) is 0.643. The van der Waals surface area contributed by atoms with Crippen LogP contribution in [0.5, 0.6) is 0 Å². The Hall–Kier alpha value is -1.46. The van der Waals surface area contributed by atoms with E-state index in [0.717, 1.165) is 31.4 Å². The average molecular weight is 287 g/mol. The van der Waals surface area contributed by atoms with Crippen LogP contribution >= 0.6 is 0 Å². The van der Waals surface area contributed by atoms with Crippen molar-refractivity contribution in [1.29, 1.82) is 0 Å². The van der Waals surface area contributed by atoms with Crippen molar-refractivity contribution in [2.45, 2.75) is 45.3 Å². The van der Waals surface area contributed by atoms with Gasteiger partial charge in [-0.1, -0.05) is 6.92 Å². The summed E-state index contributed by atoms with van der Waals surface area (Å²) in [6.07, 6.45) is -1.26. The number of aromatic nitrogens is 1. The third kappa shape index (κ3) is 4.02. The lowest BCUT2D eigenvalue weighted by atomic mass is 10.2.